The molecular weight excluding hydrogens is 294 g/mol. The van der Waals surface area contributed by atoms with Crippen molar-refractivity contribution in [1.82, 2.24) is 5.32 Å². The molecule has 2 aromatic carbocycles. The van der Waals surface area contributed by atoms with Crippen molar-refractivity contribution in [3.63, 3.8) is 0 Å². The van der Waals surface area contributed by atoms with Crippen molar-refractivity contribution >= 4 is 11.9 Å². The molecule has 0 amide bonds. The number of ether oxygens (including phenoxy) is 2. The zero-order chi connectivity index (χ0) is 16.3. The largest absolute Gasteiger partial charge is 0.461 e. The first-order valence-electron chi connectivity index (χ1n) is 7.42. The number of benzene rings is 2. The van der Waals surface area contributed by atoms with Crippen molar-refractivity contribution in [3.05, 3.63) is 71.8 Å². The molecule has 0 atom stereocenters. The molecule has 0 aromatic heterocycles. The number of carbonyl (C=O) groups excluding carboxylic acids is 2. The van der Waals surface area contributed by atoms with Gasteiger partial charge in [-0.2, -0.15) is 0 Å². The summed E-state index contributed by atoms with van der Waals surface area (Å²) in [6.45, 7) is 1.53. The molecule has 0 spiro atoms. The van der Waals surface area contributed by atoms with Gasteiger partial charge in [0.05, 0.1) is 11.1 Å². The Morgan fingerprint density at radius 1 is 0.696 bits per heavy atom. The molecular formula is C18H19NO4. The van der Waals surface area contributed by atoms with Crippen LogP contribution in [0.5, 0.6) is 0 Å². The minimum atomic E-state index is -0.345. The maximum atomic E-state index is 11.7. The molecule has 0 heterocycles. The molecule has 0 fully saturated rings. The van der Waals surface area contributed by atoms with Crippen LogP contribution in [0.15, 0.2) is 60.7 Å². The Bertz CT molecular complexity index is 558. The van der Waals surface area contributed by atoms with Crippen LogP contribution in [0.3, 0.4) is 0 Å². The van der Waals surface area contributed by atoms with Gasteiger partial charge in [-0.15, -0.1) is 0 Å². The van der Waals surface area contributed by atoms with Gasteiger partial charge in [-0.25, -0.2) is 9.59 Å². The van der Waals surface area contributed by atoms with Crippen LogP contribution in [-0.2, 0) is 9.47 Å². The zero-order valence-electron chi connectivity index (χ0n) is 12.7. The molecule has 1 N–H and O–H groups in total. The highest BCUT2D eigenvalue weighted by atomic mass is 16.5. The second kappa shape index (κ2) is 9.38. The topological polar surface area (TPSA) is 64.6 Å². The summed E-state index contributed by atoms with van der Waals surface area (Å²) in [4.78, 5) is 23.3. The van der Waals surface area contributed by atoms with Crippen molar-refractivity contribution in [1.29, 1.82) is 0 Å². The molecule has 0 bridgehead atoms. The lowest BCUT2D eigenvalue weighted by molar-refractivity contribution is 0.0491. The van der Waals surface area contributed by atoms with E-state index >= 15 is 0 Å². The first kappa shape index (κ1) is 16.7. The number of hydrogen-bond acceptors (Lipinski definition) is 5. The number of esters is 2. The van der Waals surface area contributed by atoms with E-state index in [2.05, 4.69) is 5.32 Å². The molecule has 0 radical (unpaired) electrons. The number of hydrogen-bond donors (Lipinski definition) is 1. The van der Waals surface area contributed by atoms with E-state index in [0.717, 1.165) is 0 Å². The number of rotatable bonds is 8. The summed E-state index contributed by atoms with van der Waals surface area (Å²) in [6.07, 6.45) is 0. The van der Waals surface area contributed by atoms with E-state index in [4.69, 9.17) is 9.47 Å². The highest BCUT2D eigenvalue weighted by Crippen LogP contribution is 2.01. The SMILES string of the molecule is O=C(OCCNCCOC(=O)c1ccccc1)c1ccccc1. The van der Waals surface area contributed by atoms with Crippen molar-refractivity contribution in [2.75, 3.05) is 26.3 Å². The first-order chi connectivity index (χ1) is 11.3. The average Bonchev–Trinajstić information content (AvgIpc) is 2.62. The van der Waals surface area contributed by atoms with Gasteiger partial charge in [-0.1, -0.05) is 36.4 Å². The Labute approximate surface area is 135 Å². The molecule has 2 aromatic rings. The third-order valence-corrected chi connectivity index (χ3v) is 3.04. The molecule has 23 heavy (non-hydrogen) atoms. The summed E-state index contributed by atoms with van der Waals surface area (Å²) < 4.78 is 10.2. The summed E-state index contributed by atoms with van der Waals surface area (Å²) in [5.74, 6) is -0.689. The Hall–Kier alpha value is -2.66. The van der Waals surface area contributed by atoms with Gasteiger partial charge in [0.15, 0.2) is 0 Å². The third-order valence-electron chi connectivity index (χ3n) is 3.04. The average molecular weight is 313 g/mol. The van der Waals surface area contributed by atoms with Crippen molar-refractivity contribution in [2.45, 2.75) is 0 Å². The zero-order valence-corrected chi connectivity index (χ0v) is 12.7. The van der Waals surface area contributed by atoms with E-state index in [9.17, 15) is 9.59 Å². The monoisotopic (exact) mass is 313 g/mol. The summed E-state index contributed by atoms with van der Waals surface area (Å²) in [5, 5.41) is 3.04. The lowest BCUT2D eigenvalue weighted by Gasteiger charge is -2.07. The fourth-order valence-electron chi connectivity index (χ4n) is 1.87. The van der Waals surface area contributed by atoms with Crippen LogP contribution in [0.2, 0.25) is 0 Å². The fourth-order valence-corrected chi connectivity index (χ4v) is 1.87. The van der Waals surface area contributed by atoms with E-state index in [1.807, 2.05) is 12.1 Å². The van der Waals surface area contributed by atoms with E-state index < -0.39 is 0 Å². The maximum Gasteiger partial charge on any atom is 0.338 e. The van der Waals surface area contributed by atoms with Gasteiger partial charge >= 0.3 is 11.9 Å². The summed E-state index contributed by atoms with van der Waals surface area (Å²) in [5.41, 5.74) is 1.06. The van der Waals surface area contributed by atoms with E-state index in [-0.39, 0.29) is 25.2 Å². The molecule has 120 valence electrons. The Morgan fingerprint density at radius 2 is 1.09 bits per heavy atom. The summed E-state index contributed by atoms with van der Waals surface area (Å²) in [7, 11) is 0. The van der Waals surface area contributed by atoms with Gasteiger partial charge in [0.2, 0.25) is 0 Å². The minimum absolute atomic E-state index is 0.264. The fraction of sp³-hybridized carbons (Fsp3) is 0.222. The van der Waals surface area contributed by atoms with Gasteiger partial charge < -0.3 is 14.8 Å². The molecule has 0 saturated carbocycles. The second-order valence-electron chi connectivity index (χ2n) is 4.75. The molecule has 0 saturated heterocycles. The predicted molar refractivity (Wildman–Crippen MR) is 86.3 cm³/mol. The van der Waals surface area contributed by atoms with E-state index in [1.54, 1.807) is 48.5 Å². The van der Waals surface area contributed by atoms with Crippen LogP contribution in [0, 0.1) is 0 Å². The number of carbonyl (C=O) groups is 2. The minimum Gasteiger partial charge on any atom is -0.461 e. The predicted octanol–water partition coefficient (Wildman–Crippen LogP) is 2.29. The van der Waals surface area contributed by atoms with Crippen LogP contribution >= 0.6 is 0 Å². The normalized spacial score (nSPS) is 10.1. The third kappa shape index (κ3) is 5.92. The van der Waals surface area contributed by atoms with Crippen LogP contribution in [0.1, 0.15) is 20.7 Å². The summed E-state index contributed by atoms with van der Waals surface area (Å²) >= 11 is 0. The van der Waals surface area contributed by atoms with Gasteiger partial charge in [0, 0.05) is 13.1 Å². The lowest BCUT2D eigenvalue weighted by Crippen LogP contribution is -2.26. The molecule has 5 nitrogen and oxygen atoms in total. The Balaban J connectivity index is 1.53. The lowest BCUT2D eigenvalue weighted by atomic mass is 10.2. The highest BCUT2D eigenvalue weighted by Gasteiger charge is 2.06. The van der Waals surface area contributed by atoms with Gasteiger partial charge in [0.1, 0.15) is 13.2 Å². The summed E-state index contributed by atoms with van der Waals surface area (Å²) in [6, 6.07) is 17.7. The van der Waals surface area contributed by atoms with Crippen LogP contribution in [-0.4, -0.2) is 38.2 Å². The van der Waals surface area contributed by atoms with E-state index in [1.165, 1.54) is 0 Å². The molecule has 0 aliphatic heterocycles. The van der Waals surface area contributed by atoms with Crippen LogP contribution in [0.4, 0.5) is 0 Å². The molecule has 0 aliphatic rings. The quantitative estimate of drug-likeness (QED) is 0.598. The second-order valence-corrected chi connectivity index (χ2v) is 4.75. The molecule has 0 aliphatic carbocycles. The standard InChI is InChI=1S/C18H19NO4/c20-17(15-7-3-1-4-8-15)22-13-11-19-12-14-23-18(21)16-9-5-2-6-10-16/h1-10,19H,11-14H2. The Morgan fingerprint density at radius 3 is 1.48 bits per heavy atom. The van der Waals surface area contributed by atoms with Crippen LogP contribution in [0.25, 0.3) is 0 Å². The maximum absolute atomic E-state index is 11.7. The molecule has 0 unspecified atom stereocenters. The van der Waals surface area contributed by atoms with Crippen LogP contribution < -0.4 is 5.32 Å². The smallest absolute Gasteiger partial charge is 0.338 e. The van der Waals surface area contributed by atoms with Gasteiger partial charge in [0.25, 0.3) is 0 Å². The van der Waals surface area contributed by atoms with Gasteiger partial charge in [-0.05, 0) is 24.3 Å². The van der Waals surface area contributed by atoms with Gasteiger partial charge in [-0.3, -0.25) is 0 Å². The van der Waals surface area contributed by atoms with Crippen molar-refractivity contribution < 1.29 is 19.1 Å². The molecule has 2 rings (SSSR count). The Kier molecular flexibility index (Phi) is 6.81. The van der Waals surface area contributed by atoms with Crippen molar-refractivity contribution in [2.24, 2.45) is 0 Å². The number of nitrogens with one attached hydrogen (secondary N) is 1. The van der Waals surface area contributed by atoms with Crippen molar-refractivity contribution in [3.8, 4) is 0 Å². The first-order valence-corrected chi connectivity index (χ1v) is 7.42. The molecule has 5 heteroatoms. The van der Waals surface area contributed by atoms with E-state index in [0.29, 0.717) is 24.2 Å². The highest BCUT2D eigenvalue weighted by molar-refractivity contribution is 5.89.